The molecule has 4 N–H and O–H groups in total. The van der Waals surface area contributed by atoms with Crippen LogP contribution in [0.15, 0.2) is 24.3 Å². The largest absolute Gasteiger partial charge is 0.349 e. The maximum Gasteiger partial charge on any atom is 0.244 e. The quantitative estimate of drug-likeness (QED) is 0.668. The molecular formula is C18H27ClN4O3. The van der Waals surface area contributed by atoms with Crippen LogP contribution in [-0.2, 0) is 14.4 Å². The lowest BCUT2D eigenvalue weighted by molar-refractivity contribution is -0.127. The van der Waals surface area contributed by atoms with Crippen molar-refractivity contribution < 1.29 is 14.4 Å². The molecule has 1 aromatic rings. The van der Waals surface area contributed by atoms with Crippen molar-refractivity contribution in [3.05, 3.63) is 24.3 Å². The molecule has 1 aromatic carbocycles. The molecule has 0 bridgehead atoms. The van der Waals surface area contributed by atoms with Gasteiger partial charge in [-0.05, 0) is 25.0 Å². The van der Waals surface area contributed by atoms with E-state index in [0.717, 1.165) is 12.8 Å². The third kappa shape index (κ3) is 4.95. The Morgan fingerprint density at radius 1 is 1.23 bits per heavy atom. The molecule has 1 aliphatic heterocycles. The number of amides is 3. The van der Waals surface area contributed by atoms with E-state index in [2.05, 4.69) is 10.6 Å². The topological polar surface area (TPSA) is 105 Å². The van der Waals surface area contributed by atoms with Crippen molar-refractivity contribution in [2.24, 2.45) is 5.73 Å². The summed E-state index contributed by atoms with van der Waals surface area (Å²) >= 11 is 0. The zero-order valence-corrected chi connectivity index (χ0v) is 16.0. The van der Waals surface area contributed by atoms with Crippen LogP contribution in [0.4, 0.5) is 11.4 Å². The minimum Gasteiger partial charge on any atom is -0.349 e. The molecule has 1 aliphatic rings. The van der Waals surface area contributed by atoms with E-state index in [1.165, 1.54) is 4.90 Å². The molecule has 0 fully saturated rings. The first kappa shape index (κ1) is 21.9. The summed E-state index contributed by atoms with van der Waals surface area (Å²) in [5, 5.41) is 5.69. The van der Waals surface area contributed by atoms with Gasteiger partial charge in [0.25, 0.3) is 0 Å². The van der Waals surface area contributed by atoms with Gasteiger partial charge in [-0.15, -0.1) is 12.4 Å². The zero-order chi connectivity index (χ0) is 18.4. The predicted octanol–water partition coefficient (Wildman–Crippen LogP) is 1.81. The number of carbonyl (C=O) groups excluding carboxylic acids is 3. The summed E-state index contributed by atoms with van der Waals surface area (Å²) in [5.74, 6) is -0.684. The van der Waals surface area contributed by atoms with Crippen LogP contribution in [0.25, 0.3) is 0 Å². The minimum atomic E-state index is -0.419. The standard InChI is InChI=1S/C18H26N4O3.ClH/c1-3-18(4-2,12-19)21-15(23)9-10-17(25)22-11-16(24)20-13-7-5-6-8-14(13)22;/h5-8H,3-4,9-12,19H2,1-2H3,(H,20,24)(H,21,23);1H. The van der Waals surface area contributed by atoms with Crippen molar-refractivity contribution in [1.82, 2.24) is 5.32 Å². The van der Waals surface area contributed by atoms with E-state index < -0.39 is 5.54 Å². The van der Waals surface area contributed by atoms with E-state index in [9.17, 15) is 14.4 Å². The van der Waals surface area contributed by atoms with E-state index in [1.54, 1.807) is 24.3 Å². The highest BCUT2D eigenvalue weighted by Crippen LogP contribution is 2.29. The fourth-order valence-electron chi connectivity index (χ4n) is 2.94. The SMILES string of the molecule is CCC(CC)(CN)NC(=O)CCC(=O)N1CC(=O)Nc2ccccc21.Cl. The maximum absolute atomic E-state index is 12.5. The lowest BCUT2D eigenvalue weighted by Crippen LogP contribution is -2.53. The summed E-state index contributed by atoms with van der Waals surface area (Å²) in [6.07, 6.45) is 1.58. The molecule has 8 heteroatoms. The molecular weight excluding hydrogens is 356 g/mol. The second kappa shape index (κ2) is 9.54. The molecule has 26 heavy (non-hydrogen) atoms. The number of benzene rings is 1. The summed E-state index contributed by atoms with van der Waals surface area (Å²) in [6, 6.07) is 7.13. The van der Waals surface area contributed by atoms with Crippen LogP contribution in [0.5, 0.6) is 0 Å². The first-order valence-corrected chi connectivity index (χ1v) is 8.65. The van der Waals surface area contributed by atoms with Crippen LogP contribution < -0.4 is 21.3 Å². The number of fused-ring (bicyclic) bond motifs is 1. The number of rotatable bonds is 7. The zero-order valence-electron chi connectivity index (χ0n) is 15.2. The smallest absolute Gasteiger partial charge is 0.244 e. The molecule has 2 rings (SSSR count). The lowest BCUT2D eigenvalue weighted by atomic mass is 9.92. The van der Waals surface area contributed by atoms with Crippen molar-refractivity contribution in [2.75, 3.05) is 23.3 Å². The Morgan fingerprint density at radius 2 is 1.88 bits per heavy atom. The van der Waals surface area contributed by atoms with Crippen LogP contribution in [0.3, 0.4) is 0 Å². The molecule has 0 radical (unpaired) electrons. The first-order valence-electron chi connectivity index (χ1n) is 8.65. The second-order valence-corrected chi connectivity index (χ2v) is 6.28. The van der Waals surface area contributed by atoms with Gasteiger partial charge in [0.2, 0.25) is 17.7 Å². The van der Waals surface area contributed by atoms with E-state index >= 15 is 0 Å². The number of anilines is 2. The third-order valence-electron chi connectivity index (χ3n) is 4.79. The van der Waals surface area contributed by atoms with Crippen LogP contribution in [0, 0.1) is 0 Å². The van der Waals surface area contributed by atoms with Crippen molar-refractivity contribution in [3.63, 3.8) is 0 Å². The molecule has 1 heterocycles. The summed E-state index contributed by atoms with van der Waals surface area (Å²) < 4.78 is 0. The molecule has 0 saturated heterocycles. The van der Waals surface area contributed by atoms with Crippen molar-refractivity contribution in [3.8, 4) is 0 Å². The number of para-hydroxylation sites is 2. The highest BCUT2D eigenvalue weighted by atomic mass is 35.5. The summed E-state index contributed by atoms with van der Waals surface area (Å²) in [5.41, 5.74) is 6.63. The van der Waals surface area contributed by atoms with E-state index in [1.807, 2.05) is 13.8 Å². The van der Waals surface area contributed by atoms with E-state index in [4.69, 9.17) is 5.73 Å². The van der Waals surface area contributed by atoms with Gasteiger partial charge in [0.15, 0.2) is 0 Å². The molecule has 0 atom stereocenters. The predicted molar refractivity (Wildman–Crippen MR) is 104 cm³/mol. The average Bonchev–Trinajstić information content (AvgIpc) is 2.63. The normalized spacial score (nSPS) is 13.3. The Balaban J connectivity index is 0.00000338. The van der Waals surface area contributed by atoms with E-state index in [-0.39, 0.29) is 49.5 Å². The number of hydrogen-bond donors (Lipinski definition) is 3. The Morgan fingerprint density at radius 3 is 2.50 bits per heavy atom. The first-order chi connectivity index (χ1) is 11.9. The highest BCUT2D eigenvalue weighted by Gasteiger charge is 2.29. The molecule has 0 aromatic heterocycles. The third-order valence-corrected chi connectivity index (χ3v) is 4.79. The minimum absolute atomic E-state index is 0. The van der Waals surface area contributed by atoms with Gasteiger partial charge in [0, 0.05) is 19.4 Å². The van der Waals surface area contributed by atoms with E-state index in [0.29, 0.717) is 17.9 Å². The molecule has 0 saturated carbocycles. The molecule has 7 nitrogen and oxygen atoms in total. The average molecular weight is 383 g/mol. The van der Waals surface area contributed by atoms with Gasteiger partial charge in [-0.3, -0.25) is 14.4 Å². The number of nitrogens with one attached hydrogen (secondary N) is 2. The highest BCUT2D eigenvalue weighted by molar-refractivity contribution is 6.10. The summed E-state index contributed by atoms with van der Waals surface area (Å²) in [7, 11) is 0. The summed E-state index contributed by atoms with van der Waals surface area (Å²) in [4.78, 5) is 38.0. The fourth-order valence-corrected chi connectivity index (χ4v) is 2.94. The Hall–Kier alpha value is -2.12. The van der Waals surface area contributed by atoms with Gasteiger partial charge in [-0.1, -0.05) is 26.0 Å². The Labute approximate surface area is 160 Å². The van der Waals surface area contributed by atoms with Crippen LogP contribution in [0.1, 0.15) is 39.5 Å². The van der Waals surface area contributed by atoms with Gasteiger partial charge >= 0.3 is 0 Å². The summed E-state index contributed by atoms with van der Waals surface area (Å²) in [6.45, 7) is 4.28. The van der Waals surface area contributed by atoms with Crippen LogP contribution in [0.2, 0.25) is 0 Å². The molecule has 0 aliphatic carbocycles. The molecule has 0 spiro atoms. The van der Waals surface area contributed by atoms with Gasteiger partial charge in [0.1, 0.15) is 6.54 Å². The van der Waals surface area contributed by atoms with Crippen LogP contribution >= 0.6 is 12.4 Å². The number of nitrogens with two attached hydrogens (primary N) is 1. The molecule has 0 unspecified atom stereocenters. The van der Waals surface area contributed by atoms with Crippen molar-refractivity contribution in [1.29, 1.82) is 0 Å². The second-order valence-electron chi connectivity index (χ2n) is 6.28. The number of halogens is 1. The Bertz CT molecular complexity index is 653. The lowest BCUT2D eigenvalue weighted by Gasteiger charge is -2.32. The van der Waals surface area contributed by atoms with Crippen molar-refractivity contribution in [2.45, 2.75) is 45.1 Å². The molecule has 3 amide bonds. The fraction of sp³-hybridized carbons (Fsp3) is 0.500. The van der Waals surface area contributed by atoms with Gasteiger partial charge < -0.3 is 21.3 Å². The van der Waals surface area contributed by atoms with Gasteiger partial charge in [-0.2, -0.15) is 0 Å². The van der Waals surface area contributed by atoms with Crippen LogP contribution in [-0.4, -0.2) is 36.3 Å². The molecule has 144 valence electrons. The number of carbonyl (C=O) groups is 3. The Kier molecular flexibility index (Phi) is 8.05. The number of hydrogen-bond acceptors (Lipinski definition) is 4. The van der Waals surface area contributed by atoms with Crippen molar-refractivity contribution >= 4 is 41.5 Å². The number of nitrogens with zero attached hydrogens (tertiary/aromatic N) is 1. The monoisotopic (exact) mass is 382 g/mol. The van der Waals surface area contributed by atoms with Gasteiger partial charge in [-0.25, -0.2) is 0 Å². The van der Waals surface area contributed by atoms with Gasteiger partial charge in [0.05, 0.1) is 16.9 Å². The maximum atomic E-state index is 12.5.